The molecule has 1 unspecified atom stereocenters. The molecule has 45 heavy (non-hydrogen) atoms. The Bertz CT molecular complexity index is 2510. The average molecular weight is 608 g/mol. The SMILES string of the molecule is [2H]Cc1c[n+]2c(cc1C(C)(C)C)-c1c(ccc3c1oc1c3ccc3c(C)c(C)sc31)C21c2cc(C)ccc2-c2cc(C)c(C)c[n+]21. The number of furan rings is 1. The van der Waals surface area contributed by atoms with E-state index in [-0.39, 0.29) is 12.3 Å². The van der Waals surface area contributed by atoms with Gasteiger partial charge < -0.3 is 4.42 Å². The molecule has 2 aliphatic rings. The van der Waals surface area contributed by atoms with Crippen LogP contribution in [0.4, 0.5) is 0 Å². The number of hydrogen-bond acceptors (Lipinski definition) is 2. The molecule has 1 atom stereocenters. The van der Waals surface area contributed by atoms with Gasteiger partial charge in [-0.1, -0.05) is 38.5 Å². The van der Waals surface area contributed by atoms with Crippen molar-refractivity contribution in [1.29, 1.82) is 0 Å². The third-order valence-electron chi connectivity index (χ3n) is 10.6. The van der Waals surface area contributed by atoms with Crippen LogP contribution in [0, 0.1) is 41.5 Å². The fourth-order valence-electron chi connectivity index (χ4n) is 8.17. The van der Waals surface area contributed by atoms with Gasteiger partial charge in [-0.2, -0.15) is 0 Å². The number of benzene rings is 3. The van der Waals surface area contributed by atoms with Crippen LogP contribution in [0.5, 0.6) is 0 Å². The van der Waals surface area contributed by atoms with Gasteiger partial charge in [0.25, 0.3) is 0 Å². The van der Waals surface area contributed by atoms with Gasteiger partial charge in [0.15, 0.2) is 18.0 Å². The Morgan fingerprint density at radius 1 is 0.733 bits per heavy atom. The van der Waals surface area contributed by atoms with E-state index < -0.39 is 5.66 Å². The third-order valence-corrected chi connectivity index (χ3v) is 11.9. The molecule has 6 heterocycles. The third kappa shape index (κ3) is 3.21. The molecular formula is C41H38N2OS+2. The minimum Gasteiger partial charge on any atom is -0.454 e. The van der Waals surface area contributed by atoms with Crippen LogP contribution in [0.1, 0.15) is 71.5 Å². The quantitative estimate of drug-likeness (QED) is 0.157. The monoisotopic (exact) mass is 607 g/mol. The standard InChI is InChI=1S/C41H38N2OS/c1-21-10-11-30-33(16-21)41(42-19-23(3)22(2)17-34(30)42)31-15-14-28-29-13-12-27-25(5)26(6)45-39(27)38(29)44-37(28)36(31)35-18-32(40(7,8)9)24(4)20-43(35)41/h10-20H,1-9H3/q+2/i4D. The summed E-state index contributed by atoms with van der Waals surface area (Å²) in [7, 11) is 0. The fraction of sp³-hybridized carbons (Fsp3) is 0.268. The van der Waals surface area contributed by atoms with Crippen LogP contribution in [0.2, 0.25) is 0 Å². The van der Waals surface area contributed by atoms with Crippen LogP contribution in [-0.2, 0) is 11.1 Å². The second-order valence-electron chi connectivity index (χ2n) is 14.4. The molecule has 2 aliphatic heterocycles. The van der Waals surface area contributed by atoms with Crippen molar-refractivity contribution >= 4 is 43.4 Å². The highest BCUT2D eigenvalue weighted by Crippen LogP contribution is 2.52. The van der Waals surface area contributed by atoms with E-state index in [1.165, 1.54) is 70.6 Å². The Kier molecular flexibility index (Phi) is 4.91. The first-order chi connectivity index (χ1) is 21.9. The molecule has 0 N–H and O–H groups in total. The molecule has 0 amide bonds. The number of aryl methyl sites for hydroxylation is 6. The Morgan fingerprint density at radius 3 is 2.22 bits per heavy atom. The molecule has 0 radical (unpaired) electrons. The maximum absolute atomic E-state index is 8.70. The maximum atomic E-state index is 8.70. The Balaban J connectivity index is 1.51. The van der Waals surface area contributed by atoms with Crippen molar-refractivity contribution in [2.75, 3.05) is 0 Å². The Hall–Kier alpha value is -4.28. The summed E-state index contributed by atoms with van der Waals surface area (Å²) in [5.41, 5.74) is 15.8. The molecule has 7 aromatic rings. The number of pyridine rings is 2. The maximum Gasteiger partial charge on any atom is 0.417 e. The number of nitrogens with zero attached hydrogens (tertiary/aromatic N) is 2. The number of aromatic nitrogens is 2. The van der Waals surface area contributed by atoms with E-state index in [1.54, 1.807) is 0 Å². The van der Waals surface area contributed by atoms with Gasteiger partial charge in [-0.3, -0.25) is 0 Å². The average Bonchev–Trinajstić information content (AvgIpc) is 3.71. The highest BCUT2D eigenvalue weighted by molar-refractivity contribution is 7.20. The zero-order valence-electron chi connectivity index (χ0n) is 28.3. The second kappa shape index (κ2) is 8.50. The summed E-state index contributed by atoms with van der Waals surface area (Å²) in [5, 5.41) is 3.60. The van der Waals surface area contributed by atoms with Gasteiger partial charge in [0.05, 0.1) is 10.3 Å². The van der Waals surface area contributed by atoms with Gasteiger partial charge in [-0.05, 0) is 99.3 Å². The summed E-state index contributed by atoms with van der Waals surface area (Å²) in [6.07, 6.45) is 4.62. The van der Waals surface area contributed by atoms with E-state index in [9.17, 15) is 0 Å². The molecule has 0 bridgehead atoms. The number of rotatable bonds is 0. The van der Waals surface area contributed by atoms with Crippen LogP contribution < -0.4 is 9.13 Å². The van der Waals surface area contributed by atoms with Gasteiger partial charge in [-0.15, -0.1) is 20.5 Å². The lowest BCUT2D eigenvalue weighted by atomic mass is 9.84. The molecule has 0 saturated heterocycles. The molecule has 4 heteroatoms. The summed E-state index contributed by atoms with van der Waals surface area (Å²) >= 11 is 1.83. The number of fused-ring (bicyclic) bond motifs is 16. The molecule has 1 spiro atoms. The van der Waals surface area contributed by atoms with Crippen LogP contribution in [0.3, 0.4) is 0 Å². The van der Waals surface area contributed by atoms with Crippen molar-refractivity contribution < 1.29 is 14.9 Å². The summed E-state index contributed by atoms with van der Waals surface area (Å²) < 4.78 is 22.0. The molecular weight excluding hydrogens is 569 g/mol. The van der Waals surface area contributed by atoms with Gasteiger partial charge in [0.2, 0.25) is 11.4 Å². The molecule has 0 saturated carbocycles. The second-order valence-corrected chi connectivity index (χ2v) is 15.6. The van der Waals surface area contributed by atoms with Crippen molar-refractivity contribution in [3.63, 3.8) is 0 Å². The summed E-state index contributed by atoms with van der Waals surface area (Å²) in [5.74, 6) is 0. The lowest BCUT2D eigenvalue weighted by molar-refractivity contribution is -0.955. The predicted molar refractivity (Wildman–Crippen MR) is 186 cm³/mol. The highest BCUT2D eigenvalue weighted by atomic mass is 32.1. The van der Waals surface area contributed by atoms with Gasteiger partial charge in [0, 0.05) is 40.3 Å². The van der Waals surface area contributed by atoms with E-state index in [4.69, 9.17) is 5.79 Å². The molecule has 222 valence electrons. The summed E-state index contributed by atoms with van der Waals surface area (Å²) in [6, 6.07) is 20.8. The first-order valence-corrected chi connectivity index (χ1v) is 16.7. The topological polar surface area (TPSA) is 20.9 Å². The molecule has 0 fully saturated rings. The van der Waals surface area contributed by atoms with Crippen LogP contribution in [0.25, 0.3) is 54.5 Å². The van der Waals surface area contributed by atoms with E-state index >= 15 is 0 Å². The largest absolute Gasteiger partial charge is 0.454 e. The zero-order chi connectivity index (χ0) is 32.0. The fourth-order valence-corrected chi connectivity index (χ4v) is 9.32. The van der Waals surface area contributed by atoms with E-state index in [2.05, 4.69) is 132 Å². The van der Waals surface area contributed by atoms with E-state index in [1.807, 2.05) is 11.3 Å². The normalized spacial score (nSPS) is 16.9. The minimum absolute atomic E-state index is 0.120. The minimum atomic E-state index is -0.654. The number of thiophene rings is 1. The first-order valence-electron chi connectivity index (χ1n) is 16.6. The molecule has 4 aromatic heterocycles. The Morgan fingerprint density at radius 2 is 1.44 bits per heavy atom. The molecule has 3 nitrogen and oxygen atoms in total. The first kappa shape index (κ1) is 26.0. The van der Waals surface area contributed by atoms with Crippen molar-refractivity contribution in [2.24, 2.45) is 0 Å². The van der Waals surface area contributed by atoms with Crippen molar-refractivity contribution in [2.45, 2.75) is 73.4 Å². The van der Waals surface area contributed by atoms with Crippen LogP contribution in [-0.4, -0.2) is 0 Å². The summed E-state index contributed by atoms with van der Waals surface area (Å²) in [4.78, 5) is 1.34. The predicted octanol–water partition coefficient (Wildman–Crippen LogP) is 9.78. The van der Waals surface area contributed by atoms with Gasteiger partial charge in [0.1, 0.15) is 22.3 Å². The lowest BCUT2D eigenvalue weighted by Crippen LogP contribution is -2.71. The Labute approximate surface area is 269 Å². The lowest BCUT2D eigenvalue weighted by Gasteiger charge is -2.22. The summed E-state index contributed by atoms with van der Waals surface area (Å²) in [6.45, 7) is 18.0. The van der Waals surface area contributed by atoms with Crippen molar-refractivity contribution in [1.82, 2.24) is 0 Å². The van der Waals surface area contributed by atoms with Crippen molar-refractivity contribution in [3.05, 3.63) is 116 Å². The molecule has 3 aromatic carbocycles. The van der Waals surface area contributed by atoms with Gasteiger partial charge >= 0.3 is 5.66 Å². The zero-order valence-corrected chi connectivity index (χ0v) is 28.1. The van der Waals surface area contributed by atoms with Crippen molar-refractivity contribution in [3.8, 4) is 22.5 Å². The van der Waals surface area contributed by atoms with E-state index in [0.29, 0.717) is 0 Å². The van der Waals surface area contributed by atoms with Crippen LogP contribution >= 0.6 is 11.3 Å². The van der Waals surface area contributed by atoms with E-state index in [0.717, 1.165) is 33.4 Å². The number of hydrogen-bond donors (Lipinski definition) is 0. The highest BCUT2D eigenvalue weighted by Gasteiger charge is 2.67. The smallest absolute Gasteiger partial charge is 0.417 e. The van der Waals surface area contributed by atoms with Gasteiger partial charge in [-0.25, -0.2) is 0 Å². The van der Waals surface area contributed by atoms with Crippen LogP contribution in [0.15, 0.2) is 71.4 Å². The molecule has 0 aliphatic carbocycles. The molecule has 9 rings (SSSR count).